The first-order valence-corrected chi connectivity index (χ1v) is 19.6. The van der Waals surface area contributed by atoms with Crippen molar-refractivity contribution in [1.82, 2.24) is 15.5 Å². The highest BCUT2D eigenvalue weighted by Gasteiger charge is 2.51. The van der Waals surface area contributed by atoms with E-state index in [-0.39, 0.29) is 44.5 Å². The Morgan fingerprint density at radius 2 is 1.64 bits per heavy atom. The number of fused-ring (bicyclic) bond motifs is 1. The van der Waals surface area contributed by atoms with E-state index in [0.29, 0.717) is 36.5 Å². The quantitative estimate of drug-likeness (QED) is 0.125. The molecule has 3 amide bonds. The van der Waals surface area contributed by atoms with Gasteiger partial charge in [-0.3, -0.25) is 14.2 Å². The highest BCUT2D eigenvalue weighted by Crippen LogP contribution is 2.55. The zero-order chi connectivity index (χ0) is 36.1. The number of benzene rings is 2. The lowest BCUT2D eigenvalue weighted by molar-refractivity contribution is -0.143. The molecule has 12 nitrogen and oxygen atoms in total. The lowest BCUT2D eigenvalue weighted by atomic mass is 9.84. The number of carbonyl (C=O) groups excluding carboxylic acids is 3. The second-order valence-corrected chi connectivity index (χ2v) is 15.5. The molecule has 50 heavy (non-hydrogen) atoms. The van der Waals surface area contributed by atoms with Crippen LogP contribution in [0.5, 0.6) is 0 Å². The van der Waals surface area contributed by atoms with Crippen molar-refractivity contribution in [2.75, 3.05) is 26.3 Å². The molecule has 1 fully saturated rings. The number of rotatable bonds is 16. The van der Waals surface area contributed by atoms with Crippen LogP contribution in [0.2, 0.25) is 5.02 Å². The molecule has 4 rings (SSSR count). The van der Waals surface area contributed by atoms with E-state index in [2.05, 4.69) is 10.6 Å². The van der Waals surface area contributed by atoms with Gasteiger partial charge in [0.1, 0.15) is 12.6 Å². The van der Waals surface area contributed by atoms with E-state index in [4.69, 9.17) is 25.4 Å². The minimum Gasteiger partial charge on any atom is -0.445 e. The van der Waals surface area contributed by atoms with Gasteiger partial charge in [0.15, 0.2) is 5.72 Å². The molecule has 0 radical (unpaired) electrons. The Bertz CT molecular complexity index is 1450. The number of amides is 3. The van der Waals surface area contributed by atoms with E-state index in [1.54, 1.807) is 43.0 Å². The minimum absolute atomic E-state index is 0.0948. The number of aliphatic hydroxyl groups excluding tert-OH is 1. The fraction of sp³-hybridized carbons (Fsp3) is 0.583. The summed E-state index contributed by atoms with van der Waals surface area (Å²) in [7, 11) is -4.43. The number of alkyl carbamates (subject to hydrolysis) is 1. The first kappa shape index (κ1) is 39.8. The normalized spacial score (nSPS) is 17.8. The third-order valence-corrected chi connectivity index (χ3v) is 11.8. The zero-order valence-electron chi connectivity index (χ0n) is 29.0. The Hall–Kier alpha value is -2.99. The minimum atomic E-state index is -4.43. The summed E-state index contributed by atoms with van der Waals surface area (Å²) < 4.78 is 29.8. The van der Waals surface area contributed by atoms with Gasteiger partial charge in [0.25, 0.3) is 0 Å². The predicted molar refractivity (Wildman–Crippen MR) is 189 cm³/mol. The van der Waals surface area contributed by atoms with Gasteiger partial charge in [-0.25, -0.2) is 4.79 Å². The van der Waals surface area contributed by atoms with Crippen molar-refractivity contribution in [3.05, 3.63) is 70.2 Å². The first-order valence-electron chi connectivity index (χ1n) is 17.6. The summed E-state index contributed by atoms with van der Waals surface area (Å²) in [4.78, 5) is 42.2. The fourth-order valence-electron chi connectivity index (χ4n) is 6.68. The van der Waals surface area contributed by atoms with Crippen LogP contribution in [0.4, 0.5) is 4.79 Å². The van der Waals surface area contributed by atoms with Crippen LogP contribution in [0.25, 0.3) is 0 Å². The summed E-state index contributed by atoms with van der Waals surface area (Å²) in [5, 5.41) is 29.0. The Morgan fingerprint density at radius 3 is 2.24 bits per heavy atom. The van der Waals surface area contributed by atoms with Crippen molar-refractivity contribution in [1.29, 1.82) is 0 Å². The number of aliphatic hydroxyl groups is 2. The number of halogens is 1. The molecule has 0 aromatic heterocycles. The first-order chi connectivity index (χ1) is 24.0. The number of nitrogens with zero attached hydrogens (tertiary/aromatic N) is 1. The lowest BCUT2D eigenvalue weighted by Gasteiger charge is -2.38. The topological polar surface area (TPSA) is 164 Å². The SMILES string of the molecule is CCOP(=O)(OCC)C(O)C(O)(CCC(=O)N1CCc2ccccc2CC1)NC(=O)[C@H](CC1CCCCC1)NC(=O)OCc1cccc(Cl)c1. The fourth-order valence-corrected chi connectivity index (χ4v) is 8.68. The van der Waals surface area contributed by atoms with Crippen LogP contribution in [-0.2, 0) is 47.4 Å². The molecule has 3 atom stereocenters. The van der Waals surface area contributed by atoms with Crippen LogP contribution in [0.15, 0.2) is 48.5 Å². The molecule has 4 N–H and O–H groups in total. The molecular formula is C36H51ClN3O9P. The predicted octanol–water partition coefficient (Wildman–Crippen LogP) is 5.70. The van der Waals surface area contributed by atoms with Gasteiger partial charge in [0, 0.05) is 31.0 Å². The smallest absolute Gasteiger partial charge is 0.408 e. The van der Waals surface area contributed by atoms with Gasteiger partial charge in [0.2, 0.25) is 17.7 Å². The third-order valence-electron chi connectivity index (χ3n) is 9.34. The summed E-state index contributed by atoms with van der Waals surface area (Å²) in [5.74, 6) is -3.28. The molecule has 0 bridgehead atoms. The van der Waals surface area contributed by atoms with Crippen molar-refractivity contribution in [3.63, 3.8) is 0 Å². The Balaban J connectivity index is 1.53. The Kier molecular flexibility index (Phi) is 15.1. The van der Waals surface area contributed by atoms with E-state index in [1.807, 2.05) is 24.3 Å². The molecule has 2 aromatic carbocycles. The molecule has 2 aromatic rings. The molecule has 1 aliphatic carbocycles. The van der Waals surface area contributed by atoms with Crippen LogP contribution in [0, 0.1) is 5.92 Å². The second kappa shape index (κ2) is 19.0. The van der Waals surface area contributed by atoms with Crippen molar-refractivity contribution in [2.24, 2.45) is 5.92 Å². The van der Waals surface area contributed by atoms with Gasteiger partial charge in [-0.1, -0.05) is 80.1 Å². The van der Waals surface area contributed by atoms with Crippen molar-refractivity contribution < 1.29 is 42.9 Å². The van der Waals surface area contributed by atoms with E-state index >= 15 is 0 Å². The highest BCUT2D eigenvalue weighted by atomic mass is 35.5. The summed E-state index contributed by atoms with van der Waals surface area (Å²) in [6, 6.07) is 13.6. The molecule has 14 heteroatoms. The number of carbonyl (C=O) groups is 3. The molecule has 2 aliphatic rings. The van der Waals surface area contributed by atoms with E-state index in [1.165, 1.54) is 11.1 Å². The lowest BCUT2D eigenvalue weighted by Crippen LogP contribution is -2.61. The average molecular weight is 736 g/mol. The van der Waals surface area contributed by atoms with Gasteiger partial charge in [-0.2, -0.15) is 0 Å². The van der Waals surface area contributed by atoms with Crippen LogP contribution < -0.4 is 10.6 Å². The summed E-state index contributed by atoms with van der Waals surface area (Å²) >= 11 is 6.05. The average Bonchev–Trinajstić information content (AvgIpc) is 3.33. The number of ether oxygens (including phenoxy) is 1. The van der Waals surface area contributed by atoms with E-state index < -0.39 is 43.6 Å². The highest BCUT2D eigenvalue weighted by molar-refractivity contribution is 7.54. The van der Waals surface area contributed by atoms with Gasteiger partial charge in [0.05, 0.1) is 13.2 Å². The summed E-state index contributed by atoms with van der Waals surface area (Å²) in [5.41, 5.74) is 0.357. The van der Waals surface area contributed by atoms with Gasteiger partial charge in [-0.05, 0) is 67.9 Å². The van der Waals surface area contributed by atoms with Crippen LogP contribution in [0.3, 0.4) is 0 Å². The van der Waals surface area contributed by atoms with E-state index in [0.717, 1.165) is 32.1 Å². The molecule has 276 valence electrons. The van der Waals surface area contributed by atoms with Crippen LogP contribution in [0.1, 0.15) is 81.9 Å². The monoisotopic (exact) mass is 735 g/mol. The molecule has 1 heterocycles. The molecule has 0 spiro atoms. The zero-order valence-corrected chi connectivity index (χ0v) is 30.6. The Labute approximate surface area is 299 Å². The molecular weight excluding hydrogens is 685 g/mol. The maximum atomic E-state index is 14.0. The van der Waals surface area contributed by atoms with E-state index in [9.17, 15) is 29.2 Å². The van der Waals surface area contributed by atoms with Crippen LogP contribution in [-0.4, -0.2) is 76.9 Å². The maximum absolute atomic E-state index is 14.0. The third kappa shape index (κ3) is 11.3. The van der Waals surface area contributed by atoms with Gasteiger partial charge >= 0.3 is 13.7 Å². The largest absolute Gasteiger partial charge is 0.445 e. The van der Waals surface area contributed by atoms with Gasteiger partial charge < -0.3 is 39.5 Å². The maximum Gasteiger partial charge on any atom is 0.408 e. The standard InChI is InChI=1S/C36H51ClN3O9P/c1-3-48-50(46,49-4-2)34(43)36(45,20-17-32(41)40-21-18-28-14-8-9-15-29(28)19-22-40)39-33(42)31(24-26-11-6-5-7-12-26)38-35(44)47-25-27-13-10-16-30(37)23-27/h8-10,13-16,23,26,31,34,43,45H,3-7,11-12,17-22,24-25H2,1-2H3,(H,38,44)(H,39,42)/t31-,34?,36?/m0/s1. The van der Waals surface area contributed by atoms with Crippen molar-refractivity contribution in [3.8, 4) is 0 Å². The Morgan fingerprint density at radius 1 is 1.00 bits per heavy atom. The summed E-state index contributed by atoms with van der Waals surface area (Å²) in [6.07, 6.45) is 4.68. The molecule has 1 saturated carbocycles. The van der Waals surface area contributed by atoms with Crippen molar-refractivity contribution in [2.45, 2.75) is 102 Å². The van der Waals surface area contributed by atoms with Gasteiger partial charge in [-0.15, -0.1) is 0 Å². The molecule has 2 unspecified atom stereocenters. The number of nitrogens with one attached hydrogen (secondary N) is 2. The molecule has 1 aliphatic heterocycles. The van der Waals surface area contributed by atoms with Crippen molar-refractivity contribution >= 4 is 37.1 Å². The number of hydrogen-bond acceptors (Lipinski definition) is 9. The summed E-state index contributed by atoms with van der Waals surface area (Å²) in [6.45, 7) is 3.70. The van der Waals surface area contributed by atoms with Crippen LogP contribution >= 0.6 is 19.2 Å². The second-order valence-electron chi connectivity index (χ2n) is 13.0. The number of hydrogen-bond donors (Lipinski definition) is 4. The molecule has 0 saturated heterocycles.